The maximum Gasteiger partial charge on any atom is 0.0734 e. The van der Waals surface area contributed by atoms with Gasteiger partial charge < -0.3 is 0 Å². The molecule has 26 valence electrons. The molecule has 0 aliphatic carbocycles. The quantitative estimate of drug-likeness (QED) is 0.339. The van der Waals surface area contributed by atoms with Gasteiger partial charge in [0.05, 0.1) is 14.4 Å². The van der Waals surface area contributed by atoms with Crippen molar-refractivity contribution < 1.29 is 0 Å². The van der Waals surface area contributed by atoms with Gasteiger partial charge in [0.15, 0.2) is 0 Å². The van der Waals surface area contributed by atoms with Crippen molar-refractivity contribution in [2.75, 3.05) is 6.54 Å². The molecule has 3 heteroatoms. The van der Waals surface area contributed by atoms with Gasteiger partial charge in [-0.05, 0) is 0 Å². The van der Waals surface area contributed by atoms with Crippen LogP contribution in [0.5, 0.6) is 0 Å². The van der Waals surface area contributed by atoms with E-state index in [1.54, 1.807) is 0 Å². The van der Waals surface area contributed by atoms with Crippen LogP contribution in [0.1, 0.15) is 0 Å². The van der Waals surface area contributed by atoms with Crippen LogP contribution in [-0.2, 0) is 0 Å². The van der Waals surface area contributed by atoms with Gasteiger partial charge in [-0.2, -0.15) is 4.91 Å². The van der Waals surface area contributed by atoms with Crippen molar-refractivity contribution in [2.24, 2.45) is 5.18 Å². The van der Waals surface area contributed by atoms with Gasteiger partial charge in [0.1, 0.15) is 0 Å². The lowest BCUT2D eigenvalue weighted by Gasteiger charge is -1.67. The Labute approximate surface area is 32.0 Å². The molecule has 2 radical (unpaired) electrons. The summed E-state index contributed by atoms with van der Waals surface area (Å²) in [6.07, 6.45) is 0.365. The summed E-state index contributed by atoms with van der Waals surface area (Å²) in [7, 11) is 4.85. The molecule has 0 aromatic carbocycles. The number of hydrogen-bond donors (Lipinski definition) is 0. The summed E-state index contributed by atoms with van der Waals surface area (Å²) in [5.41, 5.74) is 0. The van der Waals surface area contributed by atoms with Crippen molar-refractivity contribution in [3.63, 3.8) is 0 Å². The van der Waals surface area contributed by atoms with Crippen LogP contribution in [0.2, 0.25) is 6.32 Å². The van der Waals surface area contributed by atoms with E-state index in [0.717, 1.165) is 0 Å². The average molecular weight is 68.9 g/mol. The maximum absolute atomic E-state index is 9.07. The van der Waals surface area contributed by atoms with Gasteiger partial charge in [0.2, 0.25) is 0 Å². The first-order chi connectivity index (χ1) is 2.41. The van der Waals surface area contributed by atoms with E-state index in [9.17, 15) is 0 Å². The zero-order valence-electron chi connectivity index (χ0n) is 2.85. The molecular weight excluding hydrogens is 64.8 g/mol. The largest absolute Gasteiger partial charge is 0.151 e. The average Bonchev–Trinajstić information content (AvgIpc) is 1.41. The molecule has 2 nitrogen and oxygen atoms in total. The van der Waals surface area contributed by atoms with E-state index in [4.69, 9.17) is 12.8 Å². The summed E-state index contributed by atoms with van der Waals surface area (Å²) in [4.78, 5) is 9.07. The summed E-state index contributed by atoms with van der Waals surface area (Å²) in [6, 6.07) is 0. The van der Waals surface area contributed by atoms with Crippen molar-refractivity contribution in [1.29, 1.82) is 0 Å². The molecule has 0 saturated carbocycles. The van der Waals surface area contributed by atoms with Gasteiger partial charge in [0.25, 0.3) is 0 Å². The molecule has 0 saturated heterocycles. The van der Waals surface area contributed by atoms with Crippen LogP contribution in [0.3, 0.4) is 0 Å². The lowest BCUT2D eigenvalue weighted by molar-refractivity contribution is 1.11. The summed E-state index contributed by atoms with van der Waals surface area (Å²) in [5, 5.41) is 2.48. The monoisotopic (exact) mass is 69.0 g/mol. The van der Waals surface area contributed by atoms with Crippen LogP contribution in [0.4, 0.5) is 0 Å². The molecule has 0 aliphatic heterocycles. The highest BCUT2D eigenvalue weighted by molar-refractivity contribution is 6.08. The van der Waals surface area contributed by atoms with Crippen LogP contribution in [0.25, 0.3) is 0 Å². The molecule has 0 amide bonds. The minimum atomic E-state index is 0.236. The Kier molecular flexibility index (Phi) is 3.42. The van der Waals surface area contributed by atoms with Crippen molar-refractivity contribution in [1.82, 2.24) is 0 Å². The smallest absolute Gasteiger partial charge is 0.0734 e. The van der Waals surface area contributed by atoms with E-state index in [0.29, 0.717) is 6.32 Å². The summed E-state index contributed by atoms with van der Waals surface area (Å²) in [6.45, 7) is 0.236. The molecule has 0 fully saturated rings. The third-order valence-corrected chi connectivity index (χ3v) is 0.220. The zero-order chi connectivity index (χ0) is 4.12. The number of rotatable bonds is 2. The Balaban J connectivity index is 2.40. The molecule has 0 aliphatic rings. The fraction of sp³-hybridized carbons (Fsp3) is 1.00. The zero-order valence-corrected chi connectivity index (χ0v) is 2.85. The highest BCUT2D eigenvalue weighted by Crippen LogP contribution is 1.67. The highest BCUT2D eigenvalue weighted by atomic mass is 16.3. The van der Waals surface area contributed by atoms with Crippen molar-refractivity contribution in [3.8, 4) is 0 Å². The molecule has 0 rings (SSSR count). The molecular formula is C2H4BNO. The standard InChI is InChI=1S/C2H4BNO/c3-1-2-4-5/h1-2H2. The molecule has 0 bridgehead atoms. The van der Waals surface area contributed by atoms with E-state index in [-0.39, 0.29) is 6.54 Å². The third-order valence-electron chi connectivity index (χ3n) is 0.220. The molecule has 0 aromatic rings. The van der Waals surface area contributed by atoms with E-state index in [2.05, 4.69) is 5.18 Å². The van der Waals surface area contributed by atoms with Crippen molar-refractivity contribution in [3.05, 3.63) is 4.91 Å². The second-order valence-electron chi connectivity index (χ2n) is 0.641. The molecule has 0 unspecified atom stereocenters. The maximum atomic E-state index is 9.07. The van der Waals surface area contributed by atoms with Gasteiger partial charge in [-0.3, -0.25) is 0 Å². The van der Waals surface area contributed by atoms with Gasteiger partial charge in [-0.25, -0.2) is 0 Å². The van der Waals surface area contributed by atoms with E-state index >= 15 is 0 Å². The Hall–Kier alpha value is -0.335. The van der Waals surface area contributed by atoms with Gasteiger partial charge in [-0.1, -0.05) is 11.5 Å². The van der Waals surface area contributed by atoms with E-state index in [1.807, 2.05) is 0 Å². The number of hydrogen-bond acceptors (Lipinski definition) is 2. The predicted molar refractivity (Wildman–Crippen MR) is 21.2 cm³/mol. The minimum absolute atomic E-state index is 0.236. The fourth-order valence-electron chi connectivity index (χ4n) is 0.0527. The van der Waals surface area contributed by atoms with Crippen LogP contribution in [-0.4, -0.2) is 14.4 Å². The topological polar surface area (TPSA) is 29.4 Å². The number of nitroso groups, excluding NO2 is 1. The van der Waals surface area contributed by atoms with Gasteiger partial charge >= 0.3 is 0 Å². The Morgan fingerprint density at radius 2 is 2.40 bits per heavy atom. The summed E-state index contributed by atoms with van der Waals surface area (Å²) >= 11 is 0. The van der Waals surface area contributed by atoms with Crippen LogP contribution >= 0.6 is 0 Å². The molecule has 0 aromatic heterocycles. The predicted octanol–water partition coefficient (Wildman–Crippen LogP) is 0.340. The van der Waals surface area contributed by atoms with Crippen molar-refractivity contribution in [2.45, 2.75) is 6.32 Å². The van der Waals surface area contributed by atoms with Gasteiger partial charge in [-0.15, -0.1) is 0 Å². The second-order valence-corrected chi connectivity index (χ2v) is 0.641. The first-order valence-corrected chi connectivity index (χ1v) is 1.41. The second kappa shape index (κ2) is 3.66. The Morgan fingerprint density at radius 1 is 1.80 bits per heavy atom. The Bertz CT molecular complexity index is 30.8. The SMILES string of the molecule is [B]CCN=O. The summed E-state index contributed by atoms with van der Waals surface area (Å²) in [5.74, 6) is 0. The van der Waals surface area contributed by atoms with E-state index < -0.39 is 0 Å². The third kappa shape index (κ3) is 3.66. The fourth-order valence-corrected chi connectivity index (χ4v) is 0.0527. The molecule has 5 heavy (non-hydrogen) atoms. The van der Waals surface area contributed by atoms with E-state index in [1.165, 1.54) is 0 Å². The lowest BCUT2D eigenvalue weighted by Crippen LogP contribution is -1.70. The first kappa shape index (κ1) is 4.66. The van der Waals surface area contributed by atoms with Gasteiger partial charge in [0, 0.05) is 0 Å². The molecule has 0 N–H and O–H groups in total. The molecule has 0 spiro atoms. The summed E-state index contributed by atoms with van der Waals surface area (Å²) < 4.78 is 0. The normalized spacial score (nSPS) is 7.20. The Morgan fingerprint density at radius 3 is 2.40 bits per heavy atom. The number of nitrogens with zero attached hydrogens (tertiary/aromatic N) is 1. The minimum Gasteiger partial charge on any atom is -0.151 e. The van der Waals surface area contributed by atoms with Crippen LogP contribution in [0.15, 0.2) is 5.18 Å². The van der Waals surface area contributed by atoms with Crippen LogP contribution < -0.4 is 0 Å². The first-order valence-electron chi connectivity index (χ1n) is 1.41. The highest BCUT2D eigenvalue weighted by Gasteiger charge is 1.67. The van der Waals surface area contributed by atoms with Crippen LogP contribution in [0, 0.1) is 4.91 Å². The lowest BCUT2D eigenvalue weighted by atomic mass is 10.1. The van der Waals surface area contributed by atoms with Crippen molar-refractivity contribution >= 4 is 7.85 Å². The molecule has 0 atom stereocenters. The molecule has 0 heterocycles.